The molecule has 0 aromatic heterocycles. The zero-order valence-corrected chi connectivity index (χ0v) is 10.5. The van der Waals surface area contributed by atoms with Gasteiger partial charge in [-0.3, -0.25) is 9.59 Å². The van der Waals surface area contributed by atoms with Crippen molar-refractivity contribution in [3.05, 3.63) is 29.3 Å². The molecule has 1 N–H and O–H groups in total. The molecule has 2 rings (SSSR count). The second-order valence-electron chi connectivity index (χ2n) is 4.37. The molecule has 0 bridgehead atoms. The normalized spacial score (nSPS) is 13.3. The molecule has 1 aromatic carbocycles. The summed E-state index contributed by atoms with van der Waals surface area (Å²) in [6.07, 6.45) is 2.58. The van der Waals surface area contributed by atoms with E-state index in [0.717, 1.165) is 23.3 Å². The van der Waals surface area contributed by atoms with E-state index in [4.69, 9.17) is 4.74 Å². The quantitative estimate of drug-likeness (QED) is 0.806. The van der Waals surface area contributed by atoms with Gasteiger partial charge in [0.15, 0.2) is 5.78 Å². The van der Waals surface area contributed by atoms with Crippen LogP contribution < -0.4 is 10.1 Å². The summed E-state index contributed by atoms with van der Waals surface area (Å²) in [7, 11) is 1.63. The largest absolute Gasteiger partial charge is 0.494 e. The second kappa shape index (κ2) is 5.67. The number of carbonyl (C=O) groups is 2. The Kier molecular flexibility index (Phi) is 3.97. The Bertz CT molecular complexity index is 468. The molecule has 18 heavy (non-hydrogen) atoms. The van der Waals surface area contributed by atoms with Gasteiger partial charge in [0, 0.05) is 25.5 Å². The zero-order valence-electron chi connectivity index (χ0n) is 10.5. The number of nitrogens with one attached hydrogen (secondary N) is 1. The number of ketones is 1. The predicted molar refractivity (Wildman–Crippen MR) is 67.9 cm³/mol. The highest BCUT2D eigenvalue weighted by Gasteiger charge is 2.19. The molecule has 0 saturated carbocycles. The minimum absolute atomic E-state index is 0.0261. The van der Waals surface area contributed by atoms with E-state index in [1.54, 1.807) is 7.05 Å². The zero-order chi connectivity index (χ0) is 13.0. The molecule has 0 radical (unpaired) electrons. The lowest BCUT2D eigenvalue weighted by atomic mass is 10.1. The third-order valence-corrected chi connectivity index (χ3v) is 3.09. The van der Waals surface area contributed by atoms with E-state index in [1.807, 2.05) is 18.2 Å². The number of carbonyl (C=O) groups excluding carboxylic acids is 2. The Labute approximate surface area is 106 Å². The van der Waals surface area contributed by atoms with Crippen LogP contribution in [0, 0.1) is 0 Å². The topological polar surface area (TPSA) is 55.4 Å². The van der Waals surface area contributed by atoms with Gasteiger partial charge in [0.1, 0.15) is 5.75 Å². The van der Waals surface area contributed by atoms with Crippen LogP contribution in [-0.2, 0) is 11.2 Å². The standard InChI is InChI=1S/C14H17NO3/c1-15-14(17)3-2-8-18-11-5-6-12-10(9-11)4-7-13(12)16/h5-6,9H,2-4,7-8H2,1H3,(H,15,17). The summed E-state index contributed by atoms with van der Waals surface area (Å²) in [6.45, 7) is 0.514. The Balaban J connectivity index is 1.84. The van der Waals surface area contributed by atoms with E-state index < -0.39 is 0 Å². The second-order valence-corrected chi connectivity index (χ2v) is 4.37. The van der Waals surface area contributed by atoms with Crippen molar-refractivity contribution in [3.8, 4) is 5.75 Å². The Morgan fingerprint density at radius 3 is 3.00 bits per heavy atom. The summed E-state index contributed by atoms with van der Waals surface area (Å²) in [4.78, 5) is 22.5. The Hall–Kier alpha value is -1.84. The van der Waals surface area contributed by atoms with E-state index >= 15 is 0 Å². The van der Waals surface area contributed by atoms with Crippen LogP contribution in [0.3, 0.4) is 0 Å². The Morgan fingerprint density at radius 1 is 1.39 bits per heavy atom. The maximum atomic E-state index is 11.5. The lowest BCUT2D eigenvalue weighted by Gasteiger charge is -2.07. The van der Waals surface area contributed by atoms with Crippen LogP contribution in [0.1, 0.15) is 35.2 Å². The van der Waals surface area contributed by atoms with Gasteiger partial charge < -0.3 is 10.1 Å². The van der Waals surface area contributed by atoms with Crippen molar-refractivity contribution < 1.29 is 14.3 Å². The van der Waals surface area contributed by atoms with Gasteiger partial charge in [0.05, 0.1) is 6.61 Å². The van der Waals surface area contributed by atoms with Crippen LogP contribution in [0.25, 0.3) is 0 Å². The van der Waals surface area contributed by atoms with Gasteiger partial charge in [-0.15, -0.1) is 0 Å². The van der Waals surface area contributed by atoms with E-state index in [9.17, 15) is 9.59 Å². The number of hydrogen-bond donors (Lipinski definition) is 1. The van der Waals surface area contributed by atoms with Crippen LogP contribution in [0.5, 0.6) is 5.75 Å². The van der Waals surface area contributed by atoms with Crippen molar-refractivity contribution >= 4 is 11.7 Å². The van der Waals surface area contributed by atoms with Crippen LogP contribution in [0.15, 0.2) is 18.2 Å². The molecule has 96 valence electrons. The molecule has 1 aliphatic carbocycles. The first-order valence-corrected chi connectivity index (χ1v) is 6.20. The number of ether oxygens (including phenoxy) is 1. The average Bonchev–Trinajstić information content (AvgIpc) is 2.76. The highest BCUT2D eigenvalue weighted by molar-refractivity contribution is 6.00. The molecule has 0 atom stereocenters. The highest BCUT2D eigenvalue weighted by atomic mass is 16.5. The molecule has 0 fully saturated rings. The number of fused-ring (bicyclic) bond motifs is 1. The summed E-state index contributed by atoms with van der Waals surface area (Å²) >= 11 is 0. The molecule has 0 saturated heterocycles. The molecule has 0 unspecified atom stereocenters. The SMILES string of the molecule is CNC(=O)CCCOc1ccc2c(c1)CCC2=O. The average molecular weight is 247 g/mol. The highest BCUT2D eigenvalue weighted by Crippen LogP contribution is 2.26. The van der Waals surface area contributed by atoms with Crippen LogP contribution in [0.4, 0.5) is 0 Å². The van der Waals surface area contributed by atoms with Crippen molar-refractivity contribution in [1.82, 2.24) is 5.32 Å². The molecule has 1 amide bonds. The number of Topliss-reactive ketones (excluding diaryl/α,β-unsaturated/α-hetero) is 1. The first kappa shape index (κ1) is 12.6. The van der Waals surface area contributed by atoms with Gasteiger partial charge in [0.2, 0.25) is 5.91 Å². The minimum atomic E-state index is 0.0261. The molecule has 4 heteroatoms. The minimum Gasteiger partial charge on any atom is -0.494 e. The predicted octanol–water partition coefficient (Wildman–Crippen LogP) is 1.72. The number of benzene rings is 1. The fraction of sp³-hybridized carbons (Fsp3) is 0.429. The summed E-state index contributed by atoms with van der Waals surface area (Å²) in [5.41, 5.74) is 1.90. The third-order valence-electron chi connectivity index (χ3n) is 3.09. The summed E-state index contributed by atoms with van der Waals surface area (Å²) < 4.78 is 5.57. The molecule has 0 heterocycles. The van der Waals surface area contributed by atoms with Crippen molar-refractivity contribution in [2.45, 2.75) is 25.7 Å². The van der Waals surface area contributed by atoms with E-state index in [0.29, 0.717) is 25.9 Å². The van der Waals surface area contributed by atoms with Gasteiger partial charge in [-0.25, -0.2) is 0 Å². The van der Waals surface area contributed by atoms with Crippen molar-refractivity contribution in [1.29, 1.82) is 0 Å². The summed E-state index contributed by atoms with van der Waals surface area (Å²) in [5, 5.41) is 2.57. The maximum absolute atomic E-state index is 11.5. The lowest BCUT2D eigenvalue weighted by Crippen LogP contribution is -2.18. The maximum Gasteiger partial charge on any atom is 0.219 e. The molecule has 1 aliphatic rings. The lowest BCUT2D eigenvalue weighted by molar-refractivity contribution is -0.120. The first-order chi connectivity index (χ1) is 8.70. The van der Waals surface area contributed by atoms with Crippen molar-refractivity contribution in [3.63, 3.8) is 0 Å². The fourth-order valence-electron chi connectivity index (χ4n) is 2.07. The van der Waals surface area contributed by atoms with Gasteiger partial charge >= 0.3 is 0 Å². The monoisotopic (exact) mass is 247 g/mol. The first-order valence-electron chi connectivity index (χ1n) is 6.20. The number of aryl methyl sites for hydroxylation is 1. The third kappa shape index (κ3) is 2.88. The van der Waals surface area contributed by atoms with Crippen molar-refractivity contribution in [2.24, 2.45) is 0 Å². The van der Waals surface area contributed by atoms with E-state index in [2.05, 4.69) is 5.32 Å². The number of hydrogen-bond acceptors (Lipinski definition) is 3. The molecule has 1 aromatic rings. The van der Waals surface area contributed by atoms with Gasteiger partial charge in [-0.05, 0) is 36.6 Å². The molecule has 0 spiro atoms. The van der Waals surface area contributed by atoms with Crippen molar-refractivity contribution in [2.75, 3.05) is 13.7 Å². The van der Waals surface area contributed by atoms with E-state index in [-0.39, 0.29) is 11.7 Å². The van der Waals surface area contributed by atoms with Gasteiger partial charge in [0.25, 0.3) is 0 Å². The molecule has 0 aliphatic heterocycles. The van der Waals surface area contributed by atoms with Crippen LogP contribution in [0.2, 0.25) is 0 Å². The molecule has 4 nitrogen and oxygen atoms in total. The summed E-state index contributed by atoms with van der Waals surface area (Å²) in [6, 6.07) is 5.58. The number of amides is 1. The molecular weight excluding hydrogens is 230 g/mol. The Morgan fingerprint density at radius 2 is 2.22 bits per heavy atom. The van der Waals surface area contributed by atoms with Crippen LogP contribution in [-0.4, -0.2) is 25.3 Å². The molecular formula is C14H17NO3. The van der Waals surface area contributed by atoms with Crippen LogP contribution >= 0.6 is 0 Å². The fourth-order valence-corrected chi connectivity index (χ4v) is 2.07. The summed E-state index contributed by atoms with van der Waals surface area (Å²) in [5.74, 6) is 1.02. The number of rotatable bonds is 5. The smallest absolute Gasteiger partial charge is 0.219 e. The van der Waals surface area contributed by atoms with Gasteiger partial charge in [-0.2, -0.15) is 0 Å². The van der Waals surface area contributed by atoms with Gasteiger partial charge in [-0.1, -0.05) is 0 Å². The van der Waals surface area contributed by atoms with E-state index in [1.165, 1.54) is 0 Å².